The van der Waals surface area contributed by atoms with Gasteiger partial charge in [-0.15, -0.1) is 0 Å². The fourth-order valence-electron chi connectivity index (χ4n) is 3.70. The molecule has 5 nitrogen and oxygen atoms in total. The molecule has 2 atom stereocenters. The van der Waals surface area contributed by atoms with Gasteiger partial charge in [0, 0.05) is 38.6 Å². The minimum atomic E-state index is -0.339. The molecule has 0 aliphatic carbocycles. The Labute approximate surface area is 144 Å². The van der Waals surface area contributed by atoms with Crippen LogP contribution in [0.3, 0.4) is 0 Å². The monoisotopic (exact) mass is 332 g/mol. The third-order valence-electron chi connectivity index (χ3n) is 5.06. The van der Waals surface area contributed by atoms with Gasteiger partial charge in [0.2, 0.25) is 5.91 Å². The molecule has 0 bridgehead atoms. The molecule has 2 aliphatic heterocycles. The maximum absolute atomic E-state index is 12.6. The second kappa shape index (κ2) is 8.10. The van der Waals surface area contributed by atoms with Crippen LogP contribution in [0.25, 0.3) is 0 Å². The van der Waals surface area contributed by atoms with Gasteiger partial charge >= 0.3 is 0 Å². The molecule has 5 heteroatoms. The third kappa shape index (κ3) is 4.35. The molecule has 1 amide bonds. The molecule has 24 heavy (non-hydrogen) atoms. The second-order valence-electron chi connectivity index (χ2n) is 6.93. The van der Waals surface area contributed by atoms with Crippen LogP contribution in [0.1, 0.15) is 30.9 Å². The Morgan fingerprint density at radius 2 is 2.12 bits per heavy atom. The zero-order chi connectivity index (χ0) is 16.9. The van der Waals surface area contributed by atoms with E-state index in [-0.39, 0.29) is 18.1 Å². The Morgan fingerprint density at radius 1 is 1.33 bits per heavy atom. The molecule has 0 aromatic heterocycles. The summed E-state index contributed by atoms with van der Waals surface area (Å²) in [6, 6.07) is 8.60. The minimum absolute atomic E-state index is 0.216. The number of carbonyl (C=O) groups is 1. The van der Waals surface area contributed by atoms with Crippen LogP contribution in [-0.2, 0) is 22.5 Å². The average molecular weight is 332 g/mol. The van der Waals surface area contributed by atoms with Crippen molar-refractivity contribution in [3.05, 3.63) is 35.4 Å². The highest BCUT2D eigenvalue weighted by Crippen LogP contribution is 2.19. The highest BCUT2D eigenvalue weighted by atomic mass is 16.5. The van der Waals surface area contributed by atoms with Crippen LogP contribution in [0.4, 0.5) is 0 Å². The van der Waals surface area contributed by atoms with Crippen molar-refractivity contribution in [3.8, 4) is 0 Å². The van der Waals surface area contributed by atoms with Crippen LogP contribution in [0.5, 0.6) is 0 Å². The van der Waals surface area contributed by atoms with Gasteiger partial charge in [0.15, 0.2) is 0 Å². The zero-order valence-electron chi connectivity index (χ0n) is 14.5. The van der Waals surface area contributed by atoms with Crippen LogP contribution in [0.15, 0.2) is 24.3 Å². The van der Waals surface area contributed by atoms with Gasteiger partial charge in [0.25, 0.3) is 0 Å². The standard InChI is InChI=1S/C19H28N2O3/c1-15(22)12-18-14-24-11-10-20(18)9-7-19(23)21-8-6-16-4-2-3-5-17(16)13-21/h2-5,15,18,22H,6-14H2,1H3/t15-,18+/m0/s1. The summed E-state index contributed by atoms with van der Waals surface area (Å²) in [5.74, 6) is 0.229. The Morgan fingerprint density at radius 3 is 2.92 bits per heavy atom. The van der Waals surface area contributed by atoms with Crippen molar-refractivity contribution in [2.75, 3.05) is 32.8 Å². The van der Waals surface area contributed by atoms with Crippen LogP contribution >= 0.6 is 0 Å². The van der Waals surface area contributed by atoms with Gasteiger partial charge < -0.3 is 14.7 Å². The number of hydrogen-bond acceptors (Lipinski definition) is 4. The minimum Gasteiger partial charge on any atom is -0.393 e. The molecule has 0 radical (unpaired) electrons. The molecular weight excluding hydrogens is 304 g/mol. The molecule has 1 aromatic carbocycles. The van der Waals surface area contributed by atoms with Gasteiger partial charge in [-0.05, 0) is 30.9 Å². The fourth-order valence-corrected chi connectivity index (χ4v) is 3.70. The Bertz CT molecular complexity index is 561. The van der Waals surface area contributed by atoms with E-state index in [4.69, 9.17) is 4.74 Å². The average Bonchev–Trinajstić information content (AvgIpc) is 2.60. The van der Waals surface area contributed by atoms with E-state index in [1.807, 2.05) is 17.9 Å². The van der Waals surface area contributed by atoms with E-state index in [1.165, 1.54) is 11.1 Å². The molecule has 1 aromatic rings. The van der Waals surface area contributed by atoms with Crippen molar-refractivity contribution >= 4 is 5.91 Å². The number of rotatable bonds is 5. The summed E-state index contributed by atoms with van der Waals surface area (Å²) in [6.07, 6.45) is 1.85. The summed E-state index contributed by atoms with van der Waals surface area (Å²) in [7, 11) is 0. The first kappa shape index (κ1) is 17.4. The van der Waals surface area contributed by atoms with Gasteiger partial charge in [0.05, 0.1) is 19.3 Å². The first-order valence-electron chi connectivity index (χ1n) is 8.98. The Kier molecular flexibility index (Phi) is 5.87. The Hall–Kier alpha value is -1.43. The quantitative estimate of drug-likeness (QED) is 0.886. The lowest BCUT2D eigenvalue weighted by Gasteiger charge is -2.37. The lowest BCUT2D eigenvalue weighted by Crippen LogP contribution is -2.48. The number of ether oxygens (including phenoxy) is 1. The van der Waals surface area contributed by atoms with E-state index in [2.05, 4.69) is 23.1 Å². The molecule has 0 spiro atoms. The summed E-state index contributed by atoms with van der Waals surface area (Å²) < 4.78 is 5.53. The first-order valence-corrected chi connectivity index (χ1v) is 8.98. The maximum atomic E-state index is 12.6. The van der Waals surface area contributed by atoms with Crippen LogP contribution in [-0.4, -0.2) is 65.8 Å². The molecule has 132 valence electrons. The number of fused-ring (bicyclic) bond motifs is 1. The molecule has 2 heterocycles. The second-order valence-corrected chi connectivity index (χ2v) is 6.93. The van der Waals surface area contributed by atoms with Crippen molar-refractivity contribution in [2.45, 2.75) is 44.9 Å². The number of morpholine rings is 1. The van der Waals surface area contributed by atoms with Crippen molar-refractivity contribution in [1.82, 2.24) is 9.80 Å². The molecule has 1 saturated heterocycles. The van der Waals surface area contributed by atoms with E-state index in [0.717, 1.165) is 32.6 Å². The predicted molar refractivity (Wildman–Crippen MR) is 92.7 cm³/mol. The van der Waals surface area contributed by atoms with E-state index in [0.29, 0.717) is 26.1 Å². The molecule has 1 N–H and O–H groups in total. The highest BCUT2D eigenvalue weighted by molar-refractivity contribution is 5.76. The van der Waals surface area contributed by atoms with E-state index in [1.54, 1.807) is 0 Å². The molecule has 1 fully saturated rings. The number of nitrogens with zero attached hydrogens (tertiary/aromatic N) is 2. The normalized spacial score (nSPS) is 22.9. The summed E-state index contributed by atoms with van der Waals surface area (Å²) in [5.41, 5.74) is 2.64. The third-order valence-corrected chi connectivity index (χ3v) is 5.06. The maximum Gasteiger partial charge on any atom is 0.224 e. The summed E-state index contributed by atoms with van der Waals surface area (Å²) >= 11 is 0. The number of aliphatic hydroxyl groups excluding tert-OH is 1. The van der Waals surface area contributed by atoms with Crippen LogP contribution in [0, 0.1) is 0 Å². The zero-order valence-corrected chi connectivity index (χ0v) is 14.5. The van der Waals surface area contributed by atoms with Crippen molar-refractivity contribution in [1.29, 1.82) is 0 Å². The van der Waals surface area contributed by atoms with Crippen molar-refractivity contribution in [3.63, 3.8) is 0 Å². The number of aliphatic hydroxyl groups is 1. The van der Waals surface area contributed by atoms with Gasteiger partial charge in [0.1, 0.15) is 0 Å². The molecule has 0 saturated carbocycles. The van der Waals surface area contributed by atoms with E-state index in [9.17, 15) is 9.90 Å². The predicted octanol–water partition coefficient (Wildman–Crippen LogP) is 1.43. The van der Waals surface area contributed by atoms with Crippen molar-refractivity contribution < 1.29 is 14.6 Å². The van der Waals surface area contributed by atoms with E-state index < -0.39 is 0 Å². The number of benzene rings is 1. The SMILES string of the molecule is C[C@H](O)C[C@@H]1COCCN1CCC(=O)N1CCc2ccccc2C1. The number of carbonyl (C=O) groups excluding carboxylic acids is 1. The van der Waals surface area contributed by atoms with Gasteiger partial charge in [-0.25, -0.2) is 0 Å². The molecule has 3 rings (SSSR count). The molecule has 0 unspecified atom stereocenters. The van der Waals surface area contributed by atoms with Gasteiger partial charge in [-0.3, -0.25) is 9.69 Å². The van der Waals surface area contributed by atoms with Gasteiger partial charge in [-0.2, -0.15) is 0 Å². The topological polar surface area (TPSA) is 53.0 Å². The Balaban J connectivity index is 1.52. The van der Waals surface area contributed by atoms with Crippen LogP contribution < -0.4 is 0 Å². The van der Waals surface area contributed by atoms with Crippen molar-refractivity contribution in [2.24, 2.45) is 0 Å². The lowest BCUT2D eigenvalue weighted by molar-refractivity contribution is -0.133. The summed E-state index contributed by atoms with van der Waals surface area (Å²) in [6.45, 7) is 6.30. The van der Waals surface area contributed by atoms with Gasteiger partial charge in [-0.1, -0.05) is 24.3 Å². The summed E-state index contributed by atoms with van der Waals surface area (Å²) in [4.78, 5) is 16.9. The number of amides is 1. The fraction of sp³-hybridized carbons (Fsp3) is 0.632. The molecule has 2 aliphatic rings. The van der Waals surface area contributed by atoms with Crippen LogP contribution in [0.2, 0.25) is 0 Å². The number of hydrogen-bond donors (Lipinski definition) is 1. The first-order chi connectivity index (χ1) is 11.6. The summed E-state index contributed by atoms with van der Waals surface area (Å²) in [5, 5.41) is 9.64. The smallest absolute Gasteiger partial charge is 0.224 e. The largest absolute Gasteiger partial charge is 0.393 e. The lowest BCUT2D eigenvalue weighted by atomic mass is 9.99. The highest BCUT2D eigenvalue weighted by Gasteiger charge is 2.26. The molecular formula is C19H28N2O3. The van der Waals surface area contributed by atoms with E-state index >= 15 is 0 Å².